The van der Waals surface area contributed by atoms with E-state index in [-0.39, 0.29) is 16.9 Å². The lowest BCUT2D eigenvalue weighted by Gasteiger charge is -2.73. The number of hydrogen-bond donors (Lipinski definition) is 1. The fraction of sp³-hybridized carbons (Fsp3) is 0.474. The molecule has 1 saturated heterocycles. The van der Waals surface area contributed by atoms with Gasteiger partial charge in [-0.2, -0.15) is 0 Å². The van der Waals surface area contributed by atoms with Gasteiger partial charge in [0.25, 0.3) is 0 Å². The molecule has 3 saturated carbocycles. The zero-order chi connectivity index (χ0) is 17.8. The lowest BCUT2D eigenvalue weighted by molar-refractivity contribution is -0.225. The summed E-state index contributed by atoms with van der Waals surface area (Å²) in [5.74, 6) is 0.118. The normalized spacial score (nSPS) is 30.3. The summed E-state index contributed by atoms with van der Waals surface area (Å²) in [4.78, 5) is 19.8. The minimum absolute atomic E-state index is 0.118. The summed E-state index contributed by atoms with van der Waals surface area (Å²) >= 11 is 7.69. The topological polar surface area (TPSA) is 54.5 Å². The first kappa shape index (κ1) is 16.7. The Balaban J connectivity index is 1.24. The third-order valence-corrected chi connectivity index (χ3v) is 7.13. The van der Waals surface area contributed by atoms with E-state index in [0.29, 0.717) is 10.2 Å². The number of aromatic nitrogens is 1. The lowest BCUT2D eigenvalue weighted by atomic mass is 9.38. The summed E-state index contributed by atoms with van der Waals surface area (Å²) in [6.07, 6.45) is 2.90. The predicted molar refractivity (Wildman–Crippen MR) is 103 cm³/mol. The van der Waals surface area contributed by atoms with Crippen molar-refractivity contribution in [3.8, 4) is 11.3 Å². The molecule has 7 heteroatoms. The van der Waals surface area contributed by atoms with Crippen molar-refractivity contribution in [3.05, 3.63) is 34.7 Å². The lowest BCUT2D eigenvalue weighted by Crippen LogP contribution is -2.78. The highest BCUT2D eigenvalue weighted by atomic mass is 35.5. The highest BCUT2D eigenvalue weighted by Gasteiger charge is 2.73. The number of hydrogen-bond acceptors (Lipinski definition) is 5. The van der Waals surface area contributed by atoms with Crippen LogP contribution in [0.4, 0.5) is 5.13 Å². The number of anilines is 1. The molecule has 6 rings (SSSR count). The summed E-state index contributed by atoms with van der Waals surface area (Å²) in [6.45, 7) is 3.60. The summed E-state index contributed by atoms with van der Waals surface area (Å²) in [5.41, 5.74) is 1.77. The number of morpholine rings is 1. The second-order valence-corrected chi connectivity index (χ2v) is 8.87. The molecule has 0 atom stereocenters. The van der Waals surface area contributed by atoms with Gasteiger partial charge in [-0.15, -0.1) is 11.3 Å². The van der Waals surface area contributed by atoms with E-state index >= 15 is 0 Å². The van der Waals surface area contributed by atoms with Crippen molar-refractivity contribution in [2.75, 3.05) is 31.6 Å². The van der Waals surface area contributed by atoms with Gasteiger partial charge in [-0.05, 0) is 25.3 Å². The number of rotatable bonds is 4. The first-order valence-electron chi connectivity index (χ1n) is 8.95. The van der Waals surface area contributed by atoms with Crippen LogP contribution in [-0.2, 0) is 9.53 Å². The molecule has 2 bridgehead atoms. The van der Waals surface area contributed by atoms with Crippen LogP contribution >= 0.6 is 22.9 Å². The van der Waals surface area contributed by atoms with Crippen molar-refractivity contribution in [1.29, 1.82) is 0 Å². The van der Waals surface area contributed by atoms with E-state index in [1.807, 2.05) is 29.6 Å². The van der Waals surface area contributed by atoms with Crippen LogP contribution in [0.3, 0.4) is 0 Å². The molecule has 0 radical (unpaired) electrons. The molecule has 2 heterocycles. The maximum Gasteiger partial charge on any atom is 0.232 e. The van der Waals surface area contributed by atoms with Crippen LogP contribution in [0.25, 0.3) is 11.3 Å². The molecule has 1 N–H and O–H groups in total. The Morgan fingerprint density at radius 3 is 2.69 bits per heavy atom. The van der Waals surface area contributed by atoms with E-state index in [9.17, 15) is 4.79 Å². The first-order valence-corrected chi connectivity index (χ1v) is 10.2. The van der Waals surface area contributed by atoms with E-state index in [4.69, 9.17) is 16.3 Å². The minimum Gasteiger partial charge on any atom is -0.379 e. The van der Waals surface area contributed by atoms with Crippen LogP contribution in [0.15, 0.2) is 29.6 Å². The number of carbonyl (C=O) groups is 1. The van der Waals surface area contributed by atoms with E-state index in [0.717, 1.165) is 56.8 Å². The van der Waals surface area contributed by atoms with Crippen molar-refractivity contribution in [2.24, 2.45) is 5.41 Å². The number of carbonyl (C=O) groups excluding carboxylic acids is 1. The summed E-state index contributed by atoms with van der Waals surface area (Å²) in [6, 6.07) is 7.62. The molecule has 0 unspecified atom stereocenters. The Bertz CT molecular complexity index is 842. The van der Waals surface area contributed by atoms with E-state index < -0.39 is 0 Å². The minimum atomic E-state index is -0.186. The van der Waals surface area contributed by atoms with Gasteiger partial charge in [0.1, 0.15) is 0 Å². The van der Waals surface area contributed by atoms with Crippen molar-refractivity contribution in [3.63, 3.8) is 0 Å². The molecule has 26 heavy (non-hydrogen) atoms. The molecular weight excluding hydrogens is 370 g/mol. The van der Waals surface area contributed by atoms with Crippen molar-refractivity contribution >= 4 is 34.0 Å². The quantitative estimate of drug-likeness (QED) is 0.867. The Kier molecular flexibility index (Phi) is 3.87. The average Bonchev–Trinajstić information content (AvgIpc) is 3.02. The molecule has 1 aromatic heterocycles. The molecule has 1 aliphatic heterocycles. The molecule has 136 valence electrons. The van der Waals surface area contributed by atoms with Gasteiger partial charge < -0.3 is 10.1 Å². The van der Waals surface area contributed by atoms with Crippen LogP contribution in [0.1, 0.15) is 19.3 Å². The maximum atomic E-state index is 12.8. The Morgan fingerprint density at radius 2 is 1.96 bits per heavy atom. The Hall–Kier alpha value is -1.47. The van der Waals surface area contributed by atoms with Crippen molar-refractivity contribution < 1.29 is 9.53 Å². The number of ether oxygens (including phenoxy) is 1. The van der Waals surface area contributed by atoms with Gasteiger partial charge in [-0.25, -0.2) is 4.98 Å². The molecule has 1 aromatic carbocycles. The number of nitrogens with one attached hydrogen (secondary N) is 1. The highest BCUT2D eigenvalue weighted by Crippen LogP contribution is 2.70. The molecule has 3 aliphatic carbocycles. The number of amides is 1. The number of halogens is 1. The Labute approximate surface area is 161 Å². The van der Waals surface area contributed by atoms with Crippen LogP contribution in [-0.4, -0.2) is 47.6 Å². The highest BCUT2D eigenvalue weighted by molar-refractivity contribution is 7.14. The predicted octanol–water partition coefficient (Wildman–Crippen LogP) is 3.66. The first-order chi connectivity index (χ1) is 12.6. The van der Waals surface area contributed by atoms with Crippen LogP contribution < -0.4 is 5.32 Å². The molecule has 4 aliphatic rings. The number of benzene rings is 1. The van der Waals surface area contributed by atoms with E-state index in [2.05, 4.69) is 15.2 Å². The van der Waals surface area contributed by atoms with Crippen LogP contribution in [0.5, 0.6) is 0 Å². The largest absolute Gasteiger partial charge is 0.379 e. The standard InChI is InChI=1S/C19H20ClN3O2S/c20-14-4-2-1-3-13(14)15-9-26-17(21-15)22-16(24)18-10-19(11-18,12-18)23-5-7-25-8-6-23/h1-4,9H,5-8,10-12H2,(H,21,22,24). The summed E-state index contributed by atoms with van der Waals surface area (Å²) < 4.78 is 5.44. The van der Waals surface area contributed by atoms with Gasteiger partial charge in [0.15, 0.2) is 5.13 Å². The Morgan fingerprint density at radius 1 is 1.23 bits per heavy atom. The van der Waals surface area contributed by atoms with Gasteiger partial charge in [0, 0.05) is 34.6 Å². The van der Waals surface area contributed by atoms with Gasteiger partial charge in [0.05, 0.1) is 24.3 Å². The summed E-state index contributed by atoms with van der Waals surface area (Å²) in [5, 5.41) is 6.29. The second kappa shape index (κ2) is 6.02. The molecule has 4 fully saturated rings. The third-order valence-electron chi connectivity index (χ3n) is 6.04. The van der Waals surface area contributed by atoms with Gasteiger partial charge in [-0.3, -0.25) is 9.69 Å². The maximum absolute atomic E-state index is 12.8. The average molecular weight is 390 g/mol. The molecule has 0 spiro atoms. The molecule has 5 nitrogen and oxygen atoms in total. The van der Waals surface area contributed by atoms with Gasteiger partial charge in [-0.1, -0.05) is 29.8 Å². The van der Waals surface area contributed by atoms with Crippen LogP contribution in [0, 0.1) is 5.41 Å². The fourth-order valence-electron chi connectivity index (χ4n) is 4.70. The number of nitrogens with zero attached hydrogens (tertiary/aromatic N) is 2. The van der Waals surface area contributed by atoms with Crippen molar-refractivity contribution in [1.82, 2.24) is 9.88 Å². The van der Waals surface area contributed by atoms with Crippen LogP contribution in [0.2, 0.25) is 5.02 Å². The van der Waals surface area contributed by atoms with E-state index in [1.54, 1.807) is 0 Å². The molecule has 1 amide bonds. The zero-order valence-corrected chi connectivity index (χ0v) is 15.9. The summed E-state index contributed by atoms with van der Waals surface area (Å²) in [7, 11) is 0. The van der Waals surface area contributed by atoms with E-state index in [1.165, 1.54) is 11.3 Å². The number of thiazole rings is 1. The third kappa shape index (κ3) is 2.51. The fourth-order valence-corrected chi connectivity index (χ4v) is 5.64. The van der Waals surface area contributed by atoms with Gasteiger partial charge >= 0.3 is 0 Å². The smallest absolute Gasteiger partial charge is 0.232 e. The van der Waals surface area contributed by atoms with Crippen molar-refractivity contribution in [2.45, 2.75) is 24.8 Å². The second-order valence-electron chi connectivity index (χ2n) is 7.61. The monoisotopic (exact) mass is 389 g/mol. The molecule has 2 aromatic rings. The molecular formula is C19H20ClN3O2S. The SMILES string of the molecule is O=C(Nc1nc(-c2ccccc2Cl)cs1)C12CC(N3CCOCC3)(C1)C2. The zero-order valence-electron chi connectivity index (χ0n) is 14.3. The van der Waals surface area contributed by atoms with Gasteiger partial charge in [0.2, 0.25) is 5.91 Å².